The van der Waals surface area contributed by atoms with Gasteiger partial charge in [0.2, 0.25) is 0 Å². The third-order valence-electron chi connectivity index (χ3n) is 12.3. The maximum Gasteiger partial charge on any atom is 0.302 e. The number of carbonyl (C=O) groups is 2. The van der Waals surface area contributed by atoms with Crippen LogP contribution in [0.25, 0.3) is 0 Å². The summed E-state index contributed by atoms with van der Waals surface area (Å²) in [6.07, 6.45) is 8.11. The second-order valence-corrected chi connectivity index (χ2v) is 15.2. The van der Waals surface area contributed by atoms with Gasteiger partial charge in [0.15, 0.2) is 12.1 Å². The van der Waals surface area contributed by atoms with E-state index in [1.54, 1.807) is 27.0 Å². The van der Waals surface area contributed by atoms with Gasteiger partial charge in [-0.1, -0.05) is 52.3 Å². The van der Waals surface area contributed by atoms with Gasteiger partial charge >= 0.3 is 5.97 Å². The average molecular weight is 559 g/mol. The van der Waals surface area contributed by atoms with Crippen LogP contribution in [0.4, 0.5) is 0 Å². The van der Waals surface area contributed by atoms with Crippen LogP contribution in [0.2, 0.25) is 0 Å². The van der Waals surface area contributed by atoms with Gasteiger partial charge in [-0.2, -0.15) is 0 Å². The molecule has 2 N–H and O–H groups in total. The van der Waals surface area contributed by atoms with Crippen molar-refractivity contribution in [1.29, 1.82) is 0 Å². The quantitative estimate of drug-likeness (QED) is 0.362. The number of esters is 1. The van der Waals surface area contributed by atoms with Gasteiger partial charge in [-0.15, -0.1) is 0 Å². The number of aliphatic hydroxyl groups excluding tert-OH is 1. The number of ether oxygens (including phenoxy) is 3. The highest BCUT2D eigenvalue weighted by molar-refractivity contribution is 5.95. The summed E-state index contributed by atoms with van der Waals surface area (Å²) in [6, 6.07) is 0. The van der Waals surface area contributed by atoms with Gasteiger partial charge in [0.1, 0.15) is 12.2 Å². The molecule has 11 atom stereocenters. The monoisotopic (exact) mass is 558 g/mol. The van der Waals surface area contributed by atoms with E-state index < -0.39 is 29.5 Å². The van der Waals surface area contributed by atoms with Crippen LogP contribution in [-0.4, -0.2) is 59.3 Å². The molecule has 0 aromatic heterocycles. The number of methoxy groups -OCH3 is 1. The van der Waals surface area contributed by atoms with Crippen molar-refractivity contribution in [2.24, 2.45) is 45.3 Å². The minimum absolute atomic E-state index is 0.0520. The molecule has 0 aromatic carbocycles. The third-order valence-corrected chi connectivity index (χ3v) is 12.3. The summed E-state index contributed by atoms with van der Waals surface area (Å²) in [6.45, 7) is 15.8. The first-order chi connectivity index (χ1) is 18.4. The summed E-state index contributed by atoms with van der Waals surface area (Å²) >= 11 is 0. The number of hydrogen-bond acceptors (Lipinski definition) is 7. The predicted molar refractivity (Wildman–Crippen MR) is 151 cm³/mol. The lowest BCUT2D eigenvalue weighted by atomic mass is 9.38. The highest BCUT2D eigenvalue weighted by atomic mass is 16.7. The summed E-state index contributed by atoms with van der Waals surface area (Å²) in [5, 5.41) is 21.3. The number of hydrogen-bond donors (Lipinski definition) is 2. The van der Waals surface area contributed by atoms with E-state index in [0.29, 0.717) is 12.8 Å². The van der Waals surface area contributed by atoms with E-state index in [1.165, 1.54) is 12.5 Å². The first-order valence-corrected chi connectivity index (χ1v) is 15.1. The van der Waals surface area contributed by atoms with Crippen LogP contribution >= 0.6 is 0 Å². The molecule has 0 unspecified atom stereocenters. The topological polar surface area (TPSA) is 102 Å². The largest absolute Gasteiger partial charge is 0.462 e. The molecule has 5 aliphatic rings. The van der Waals surface area contributed by atoms with Gasteiger partial charge in [-0.25, -0.2) is 0 Å². The zero-order valence-electron chi connectivity index (χ0n) is 25.8. The van der Waals surface area contributed by atoms with Crippen LogP contribution in [0.3, 0.4) is 0 Å². The molecule has 40 heavy (non-hydrogen) atoms. The van der Waals surface area contributed by atoms with Crippen molar-refractivity contribution >= 4 is 11.8 Å². The summed E-state index contributed by atoms with van der Waals surface area (Å²) < 4.78 is 18.2. The van der Waals surface area contributed by atoms with Crippen LogP contribution in [-0.2, 0) is 23.8 Å². The van der Waals surface area contributed by atoms with Crippen LogP contribution in [0, 0.1) is 45.3 Å². The standard InChI is InChI=1S/C33H50O7/c1-18(34)39-26-17-24-29(2,3)25(35)13-15-32(24,7)23-12-14-31(6)20(10-11-22(31)33(23,26)8)19-16-21(40-28(19)38-9)27(36)30(4,5)37/h11,13,15,19-21,23-24,26-28,36-37H,10,12,14,16-17H2,1-9H3/t19-,20-,21+,23+,24-,26+,27-,28+,31-,32+,33-/m0/s1. The van der Waals surface area contributed by atoms with Crippen LogP contribution < -0.4 is 0 Å². The Hall–Kier alpha value is -1.54. The van der Waals surface area contributed by atoms with Crippen molar-refractivity contribution in [3.63, 3.8) is 0 Å². The van der Waals surface area contributed by atoms with Crippen molar-refractivity contribution in [2.45, 2.75) is 118 Å². The van der Waals surface area contributed by atoms with E-state index in [9.17, 15) is 19.8 Å². The molecule has 1 aliphatic heterocycles. The molecule has 7 heteroatoms. The lowest BCUT2D eigenvalue weighted by Gasteiger charge is -2.66. The molecule has 0 radical (unpaired) electrons. The molecule has 0 aromatic rings. The second kappa shape index (κ2) is 9.48. The van der Waals surface area contributed by atoms with Gasteiger partial charge in [0.25, 0.3) is 0 Å². The zero-order valence-corrected chi connectivity index (χ0v) is 25.8. The average Bonchev–Trinajstić information content (AvgIpc) is 3.43. The van der Waals surface area contributed by atoms with Crippen molar-refractivity contribution in [3.05, 3.63) is 23.8 Å². The van der Waals surface area contributed by atoms with E-state index in [-0.39, 0.29) is 57.8 Å². The number of rotatable bonds is 5. The Balaban J connectivity index is 1.53. The molecule has 2 saturated carbocycles. The van der Waals surface area contributed by atoms with Gasteiger partial charge in [0, 0.05) is 30.8 Å². The van der Waals surface area contributed by atoms with Gasteiger partial charge in [-0.05, 0) is 80.6 Å². The molecule has 0 spiro atoms. The summed E-state index contributed by atoms with van der Waals surface area (Å²) in [7, 11) is 1.65. The molecule has 7 nitrogen and oxygen atoms in total. The number of fused-ring (bicyclic) bond motifs is 5. The highest BCUT2D eigenvalue weighted by Gasteiger charge is 2.69. The Morgan fingerprint density at radius 1 is 1.15 bits per heavy atom. The molecule has 4 aliphatic carbocycles. The maximum atomic E-state index is 13.0. The molecule has 1 saturated heterocycles. The minimum Gasteiger partial charge on any atom is -0.462 e. The SMILES string of the molecule is CO[C@@H]1O[C@@H]([C@H](O)C(C)(C)O)C[C@H]1[C@@H]1CC=C2[C@@]3(C)[C@H](CC[C@]21C)[C@@]1(C)C=CC(=O)C(C)(C)[C@@H]1C[C@H]3OC(C)=O. The minimum atomic E-state index is -1.28. The van der Waals surface area contributed by atoms with Gasteiger partial charge < -0.3 is 24.4 Å². The maximum absolute atomic E-state index is 13.0. The summed E-state index contributed by atoms with van der Waals surface area (Å²) in [5.41, 5.74) is -1.18. The summed E-state index contributed by atoms with van der Waals surface area (Å²) in [5.74, 6) is 0.442. The number of aliphatic hydroxyl groups is 2. The van der Waals surface area contributed by atoms with Crippen molar-refractivity contribution in [1.82, 2.24) is 0 Å². The smallest absolute Gasteiger partial charge is 0.302 e. The Labute approximate surface area is 239 Å². The fourth-order valence-corrected chi connectivity index (χ4v) is 10.3. The highest BCUT2D eigenvalue weighted by Crippen LogP contribution is 2.72. The summed E-state index contributed by atoms with van der Waals surface area (Å²) in [4.78, 5) is 25.5. The molecule has 224 valence electrons. The van der Waals surface area contributed by atoms with E-state index in [4.69, 9.17) is 14.2 Å². The zero-order chi connectivity index (χ0) is 29.6. The van der Waals surface area contributed by atoms with Crippen molar-refractivity contribution in [3.8, 4) is 0 Å². The predicted octanol–water partition coefficient (Wildman–Crippen LogP) is 4.99. The number of carbonyl (C=O) groups excluding carboxylic acids is 2. The fourth-order valence-electron chi connectivity index (χ4n) is 10.3. The van der Waals surface area contributed by atoms with E-state index >= 15 is 0 Å². The second-order valence-electron chi connectivity index (χ2n) is 15.2. The molecular formula is C33H50O7. The van der Waals surface area contributed by atoms with Gasteiger partial charge in [-0.3, -0.25) is 9.59 Å². The molecular weight excluding hydrogens is 508 g/mol. The fraction of sp³-hybridized carbons (Fsp3) is 0.818. The van der Waals surface area contributed by atoms with Crippen molar-refractivity contribution in [2.75, 3.05) is 7.11 Å². The third kappa shape index (κ3) is 4.12. The molecule has 0 amide bonds. The van der Waals surface area contributed by atoms with E-state index in [2.05, 4.69) is 46.8 Å². The van der Waals surface area contributed by atoms with Gasteiger partial charge in [0.05, 0.1) is 11.7 Å². The molecule has 3 fully saturated rings. The lowest BCUT2D eigenvalue weighted by molar-refractivity contribution is -0.193. The van der Waals surface area contributed by atoms with Crippen molar-refractivity contribution < 1.29 is 34.0 Å². The van der Waals surface area contributed by atoms with Crippen LogP contribution in [0.5, 0.6) is 0 Å². The number of allylic oxidation sites excluding steroid dienone is 3. The van der Waals surface area contributed by atoms with Crippen LogP contribution in [0.15, 0.2) is 23.8 Å². The Bertz CT molecular complexity index is 1120. The van der Waals surface area contributed by atoms with E-state index in [0.717, 1.165) is 19.3 Å². The molecule has 5 rings (SSSR count). The van der Waals surface area contributed by atoms with Crippen LogP contribution in [0.1, 0.15) is 87.5 Å². The first kappa shape index (κ1) is 29.9. The number of ketones is 1. The Morgan fingerprint density at radius 2 is 1.82 bits per heavy atom. The lowest BCUT2D eigenvalue weighted by Crippen LogP contribution is -2.64. The first-order valence-electron chi connectivity index (χ1n) is 15.1. The Morgan fingerprint density at radius 3 is 2.42 bits per heavy atom. The molecule has 1 heterocycles. The Kier molecular flexibility index (Phi) is 7.10. The molecule has 0 bridgehead atoms. The van der Waals surface area contributed by atoms with E-state index in [1.807, 2.05) is 0 Å². The normalized spacial score (nSPS) is 46.7.